The molecule has 0 spiro atoms. The number of anilines is 1. The number of benzene rings is 1. The van der Waals surface area contributed by atoms with Gasteiger partial charge in [-0.15, -0.1) is 11.3 Å². The molecule has 2 unspecified atom stereocenters. The Morgan fingerprint density at radius 1 is 1.19 bits per heavy atom. The van der Waals surface area contributed by atoms with E-state index in [4.69, 9.17) is 34.0 Å². The van der Waals surface area contributed by atoms with Crippen molar-refractivity contribution in [3.05, 3.63) is 70.4 Å². The fourth-order valence-corrected chi connectivity index (χ4v) is 7.18. The number of carbonyl (C=O) groups is 1. The Balaban J connectivity index is 1.48. The Kier molecular flexibility index (Phi) is 9.92. The predicted molar refractivity (Wildman–Crippen MR) is 188 cm³/mol. The molecule has 3 aromatic heterocycles. The average Bonchev–Trinajstić information content (AvgIpc) is 3.67. The highest BCUT2D eigenvalue weighted by Crippen LogP contribution is 2.39. The molecule has 1 saturated heterocycles. The highest BCUT2D eigenvalue weighted by molar-refractivity contribution is 7.15. The van der Waals surface area contributed by atoms with Crippen molar-refractivity contribution in [1.82, 2.24) is 19.6 Å². The highest BCUT2D eigenvalue weighted by Gasteiger charge is 2.38. The van der Waals surface area contributed by atoms with E-state index in [9.17, 15) is 4.79 Å². The van der Waals surface area contributed by atoms with Gasteiger partial charge in [0, 0.05) is 48.8 Å². The van der Waals surface area contributed by atoms with Crippen LogP contribution in [0.3, 0.4) is 0 Å². The molecule has 6 bridgehead atoms. The molecule has 0 saturated carbocycles. The van der Waals surface area contributed by atoms with Crippen molar-refractivity contribution < 1.29 is 23.7 Å². The van der Waals surface area contributed by atoms with Crippen LogP contribution in [0.2, 0.25) is 0 Å². The average molecular weight is 674 g/mol. The molecule has 0 N–H and O–H groups in total. The summed E-state index contributed by atoms with van der Waals surface area (Å²) in [4.78, 5) is 26.7. The summed E-state index contributed by atoms with van der Waals surface area (Å²) < 4.78 is 26.7. The molecular weight excluding hydrogens is 627 g/mol. The van der Waals surface area contributed by atoms with Crippen molar-refractivity contribution in [3.8, 4) is 16.5 Å². The van der Waals surface area contributed by atoms with E-state index < -0.39 is 17.7 Å². The number of para-hydroxylation sites is 1. The summed E-state index contributed by atoms with van der Waals surface area (Å²) >= 11 is 1.61. The molecule has 11 heteroatoms. The molecule has 48 heavy (non-hydrogen) atoms. The summed E-state index contributed by atoms with van der Waals surface area (Å²) in [5.74, 6) is 1.23. The van der Waals surface area contributed by atoms with Gasteiger partial charge in [0.15, 0.2) is 11.8 Å². The number of ether oxygens (including phenoxy) is 4. The minimum atomic E-state index is -0.982. The van der Waals surface area contributed by atoms with Crippen molar-refractivity contribution in [1.29, 1.82) is 0 Å². The second-order valence-corrected chi connectivity index (χ2v) is 15.0. The molecule has 3 aliphatic rings. The number of nitrogens with zero attached hydrogens (tertiary/aromatic N) is 5. The molecule has 6 heterocycles. The van der Waals surface area contributed by atoms with Gasteiger partial charge in [0.2, 0.25) is 0 Å². The summed E-state index contributed by atoms with van der Waals surface area (Å²) in [6, 6.07) is 10.2. The van der Waals surface area contributed by atoms with Crippen LogP contribution in [-0.2, 0) is 25.4 Å². The first kappa shape index (κ1) is 34.1. The normalized spacial score (nSPS) is 21.1. The van der Waals surface area contributed by atoms with E-state index in [-0.39, 0.29) is 18.3 Å². The van der Waals surface area contributed by atoms with E-state index >= 15 is 0 Å². The largest absolute Gasteiger partial charge is 0.490 e. The first-order valence-electron chi connectivity index (χ1n) is 16.9. The first-order chi connectivity index (χ1) is 22.9. The van der Waals surface area contributed by atoms with Crippen LogP contribution in [0.15, 0.2) is 48.7 Å². The number of piperidine rings is 1. The lowest BCUT2D eigenvalue weighted by molar-refractivity contribution is -0.166. The van der Waals surface area contributed by atoms with Gasteiger partial charge < -0.3 is 23.8 Å². The summed E-state index contributed by atoms with van der Waals surface area (Å²) in [6.07, 6.45) is 8.28. The smallest absolute Gasteiger partial charge is 0.340 e. The maximum absolute atomic E-state index is 13.6. The number of aromatic nitrogens is 4. The third kappa shape index (κ3) is 7.58. The zero-order valence-electron chi connectivity index (χ0n) is 29.1. The van der Waals surface area contributed by atoms with Gasteiger partial charge in [-0.3, -0.25) is 0 Å². The fourth-order valence-electron chi connectivity index (χ4n) is 6.29. The molecule has 256 valence electrons. The van der Waals surface area contributed by atoms with Crippen molar-refractivity contribution in [2.75, 3.05) is 31.2 Å². The molecule has 1 aromatic carbocycles. The number of hydrogen-bond acceptors (Lipinski definition) is 10. The predicted octanol–water partition coefficient (Wildman–Crippen LogP) is 7.27. The molecule has 7 rings (SSSR count). The summed E-state index contributed by atoms with van der Waals surface area (Å²) in [6.45, 7) is 16.0. The lowest BCUT2D eigenvalue weighted by Gasteiger charge is -2.41. The molecular formula is C37H47N5O5S. The SMILES string of the molecule is CCOC(=O)C(OC(C)(C)C)c1c(C)nc2cc3nn2c1N1CCC(C)(CC1)OCC=CCC(C)Oc1ccccc1Cc1cnc-3s1. The van der Waals surface area contributed by atoms with Gasteiger partial charge in [0.1, 0.15) is 22.3 Å². The van der Waals surface area contributed by atoms with E-state index in [1.54, 1.807) is 18.3 Å². The van der Waals surface area contributed by atoms with Crippen molar-refractivity contribution in [2.45, 2.75) is 97.6 Å². The van der Waals surface area contributed by atoms with Crippen molar-refractivity contribution >= 4 is 28.8 Å². The van der Waals surface area contributed by atoms with Crippen LogP contribution >= 0.6 is 11.3 Å². The maximum atomic E-state index is 13.6. The highest BCUT2D eigenvalue weighted by atomic mass is 32.1. The van der Waals surface area contributed by atoms with Gasteiger partial charge in [-0.2, -0.15) is 9.61 Å². The van der Waals surface area contributed by atoms with E-state index in [2.05, 4.69) is 37.0 Å². The number of fused-ring (bicyclic) bond motifs is 7. The molecule has 2 atom stereocenters. The first-order valence-corrected chi connectivity index (χ1v) is 17.7. The lowest BCUT2D eigenvalue weighted by Crippen LogP contribution is -2.45. The van der Waals surface area contributed by atoms with E-state index in [1.807, 2.05) is 62.7 Å². The number of rotatable bonds is 4. The van der Waals surface area contributed by atoms with Gasteiger partial charge >= 0.3 is 5.97 Å². The fraction of sp³-hybridized carbons (Fsp3) is 0.514. The van der Waals surface area contributed by atoms with Crippen LogP contribution in [0, 0.1) is 6.92 Å². The molecule has 0 radical (unpaired) electrons. The topological polar surface area (TPSA) is 100 Å². The van der Waals surface area contributed by atoms with Crippen molar-refractivity contribution in [2.24, 2.45) is 0 Å². The third-order valence-corrected chi connectivity index (χ3v) is 9.78. The second-order valence-electron chi connectivity index (χ2n) is 13.9. The van der Waals surface area contributed by atoms with Gasteiger partial charge in [-0.05, 0) is 72.9 Å². The second kappa shape index (κ2) is 14.0. The minimum absolute atomic E-state index is 0.0180. The van der Waals surface area contributed by atoms with Crippen LogP contribution in [0.5, 0.6) is 5.75 Å². The van der Waals surface area contributed by atoms with Gasteiger partial charge in [0.25, 0.3) is 0 Å². The quantitative estimate of drug-likeness (QED) is 0.164. The minimum Gasteiger partial charge on any atom is -0.490 e. The zero-order chi connectivity index (χ0) is 34.1. The standard InChI is InChI=1S/C37H47N5O5S/c1-8-44-35(43)32(47-36(4,5)6)31-25(3)39-30-22-28-33-38-23-27(48-33)21-26-14-9-10-15-29(26)46-24(2)13-11-12-20-45-37(7)16-18-41(19-17-37)34(31)42(30)40-28/h9-12,14-15,22-24,32H,8,13,16-21H2,1-7H3. The Hall–Kier alpha value is -3.80. The third-order valence-electron chi connectivity index (χ3n) is 8.76. The molecule has 0 aliphatic carbocycles. The molecule has 0 amide bonds. The zero-order valence-corrected chi connectivity index (χ0v) is 29.9. The molecule has 1 fully saturated rings. The van der Waals surface area contributed by atoms with Crippen LogP contribution in [-0.4, -0.2) is 69.2 Å². The summed E-state index contributed by atoms with van der Waals surface area (Å²) in [5, 5.41) is 5.91. The van der Waals surface area contributed by atoms with Crippen molar-refractivity contribution in [3.63, 3.8) is 0 Å². The molecule has 3 aliphatic heterocycles. The number of aryl methyl sites for hydroxylation is 1. The Labute approximate surface area is 287 Å². The van der Waals surface area contributed by atoms with Crippen LogP contribution in [0.25, 0.3) is 16.3 Å². The monoisotopic (exact) mass is 673 g/mol. The summed E-state index contributed by atoms with van der Waals surface area (Å²) in [5.41, 5.74) is 2.97. The van der Waals surface area contributed by atoms with E-state index in [1.165, 1.54) is 0 Å². The number of carbonyl (C=O) groups excluding carboxylic acids is 1. The summed E-state index contributed by atoms with van der Waals surface area (Å²) in [7, 11) is 0. The Morgan fingerprint density at radius 3 is 2.71 bits per heavy atom. The van der Waals surface area contributed by atoms with E-state index in [0.717, 1.165) is 52.0 Å². The molecule has 10 nitrogen and oxygen atoms in total. The van der Waals surface area contributed by atoms with Crippen LogP contribution in [0.1, 0.15) is 88.6 Å². The van der Waals surface area contributed by atoms with Crippen LogP contribution in [0.4, 0.5) is 5.82 Å². The number of thiazole rings is 1. The maximum Gasteiger partial charge on any atom is 0.340 e. The Morgan fingerprint density at radius 2 is 1.96 bits per heavy atom. The molecule has 4 aromatic rings. The van der Waals surface area contributed by atoms with E-state index in [0.29, 0.717) is 43.0 Å². The van der Waals surface area contributed by atoms with Crippen LogP contribution < -0.4 is 9.64 Å². The Bertz CT molecular complexity index is 1780. The van der Waals surface area contributed by atoms with Gasteiger partial charge in [0.05, 0.1) is 36.1 Å². The van der Waals surface area contributed by atoms with Gasteiger partial charge in [-0.25, -0.2) is 14.8 Å². The lowest BCUT2D eigenvalue weighted by atomic mass is 9.92. The number of hydrogen-bond donors (Lipinski definition) is 0. The number of esters is 1. The van der Waals surface area contributed by atoms with Gasteiger partial charge in [-0.1, -0.05) is 30.4 Å².